The van der Waals surface area contributed by atoms with Gasteiger partial charge in [-0.2, -0.15) is 0 Å². The summed E-state index contributed by atoms with van der Waals surface area (Å²) in [5.74, 6) is 0. The lowest BCUT2D eigenvalue weighted by Gasteiger charge is -2.30. The number of anilines is 6. The average molecular weight is 1500 g/mol. The van der Waals surface area contributed by atoms with E-state index in [4.69, 9.17) is 0 Å². The van der Waals surface area contributed by atoms with Gasteiger partial charge in [0.05, 0.1) is 11.4 Å². The largest absolute Gasteiger partial charge is 0.310 e. The van der Waals surface area contributed by atoms with Crippen molar-refractivity contribution < 1.29 is 0 Å². The first kappa shape index (κ1) is 70.0. The number of benzene rings is 20. The van der Waals surface area contributed by atoms with Gasteiger partial charge in [-0.15, -0.1) is 0 Å². The number of hydrogen-bond acceptors (Lipinski definition) is 2. The highest BCUT2D eigenvalue weighted by molar-refractivity contribution is 6.17. The van der Waals surface area contributed by atoms with Crippen molar-refractivity contribution in [2.45, 2.75) is 38.5 Å². The van der Waals surface area contributed by atoms with Crippen molar-refractivity contribution in [3.05, 3.63) is 447 Å². The van der Waals surface area contributed by atoms with Crippen LogP contribution >= 0.6 is 0 Å². The van der Waals surface area contributed by atoms with Crippen molar-refractivity contribution in [3.8, 4) is 111 Å². The number of nitrogens with zero attached hydrogens (tertiary/aromatic N) is 2. The van der Waals surface area contributed by atoms with Gasteiger partial charge in [0.1, 0.15) is 0 Å². The Hall–Kier alpha value is -14.7. The van der Waals surface area contributed by atoms with Crippen molar-refractivity contribution in [1.82, 2.24) is 0 Å². The third-order valence-corrected chi connectivity index (χ3v) is 25.7. The molecule has 0 radical (unpaired) electrons. The predicted octanol–water partition coefficient (Wildman–Crippen LogP) is 32.3. The summed E-state index contributed by atoms with van der Waals surface area (Å²) in [6, 6.07) is 158. The lowest BCUT2D eigenvalue weighted by Crippen LogP contribution is -2.17. The van der Waals surface area contributed by atoms with Crippen molar-refractivity contribution in [2.24, 2.45) is 0 Å². The Balaban J connectivity index is 0.558. The van der Waals surface area contributed by atoms with E-state index in [0.717, 1.165) is 39.7 Å². The second kappa shape index (κ2) is 28.1. The quantitative estimate of drug-likeness (QED) is 0.100. The van der Waals surface area contributed by atoms with E-state index in [1.807, 2.05) is 0 Å². The minimum atomic E-state index is -0.266. The molecule has 22 rings (SSSR count). The highest BCUT2D eigenvalue weighted by Gasteiger charge is 2.39. The Kier molecular flexibility index (Phi) is 16.7. The Morgan fingerprint density at radius 1 is 0.153 bits per heavy atom. The molecule has 20 aromatic rings. The second-order valence-electron chi connectivity index (χ2n) is 33.1. The van der Waals surface area contributed by atoms with Gasteiger partial charge in [0.2, 0.25) is 0 Å². The maximum atomic E-state index is 2.50. The van der Waals surface area contributed by atoms with Crippen LogP contribution in [0.2, 0.25) is 0 Å². The zero-order valence-electron chi connectivity index (χ0n) is 66.3. The predicted molar refractivity (Wildman–Crippen MR) is 502 cm³/mol. The normalized spacial score (nSPS) is 12.9. The fourth-order valence-corrected chi connectivity index (χ4v) is 19.3. The second-order valence-corrected chi connectivity index (χ2v) is 33.1. The number of hydrogen-bond donors (Lipinski definition) is 0. The van der Waals surface area contributed by atoms with Crippen LogP contribution in [0.15, 0.2) is 425 Å². The summed E-state index contributed by atoms with van der Waals surface area (Å²) in [4.78, 5) is 4.99. The van der Waals surface area contributed by atoms with E-state index in [0.29, 0.717) is 0 Å². The molecule has 0 saturated heterocycles. The Bertz CT molecular complexity index is 7340. The van der Waals surface area contributed by atoms with Gasteiger partial charge in [-0.05, 0) is 262 Å². The molecular weight excluding hydrogens is 1420 g/mol. The molecule has 0 saturated carbocycles. The van der Waals surface area contributed by atoms with Gasteiger partial charge in [0.15, 0.2) is 0 Å². The van der Waals surface area contributed by atoms with Crippen LogP contribution in [0.1, 0.15) is 49.9 Å². The summed E-state index contributed by atoms with van der Waals surface area (Å²) in [5.41, 5.74) is 35.9. The van der Waals surface area contributed by atoms with Crippen molar-refractivity contribution >= 4 is 88.0 Å². The molecule has 0 heterocycles. The van der Waals surface area contributed by atoms with E-state index < -0.39 is 0 Å². The van der Waals surface area contributed by atoms with E-state index in [-0.39, 0.29) is 10.8 Å². The van der Waals surface area contributed by atoms with Crippen LogP contribution in [0, 0.1) is 0 Å². The summed E-state index contributed by atoms with van der Waals surface area (Å²) in [6.45, 7) is 9.60. The topological polar surface area (TPSA) is 6.48 Å². The standard InChI is InChI=1S/C116H82N2/c1-115(2)109-69-91(85-43-35-78(36-44-85)75-19-7-5-8-20-75)55-63-102(109)104-65-61-97(73-111(104)115)117(113-71-93-25-13-14-26-99(93)100-27-15-17-29-106(100)113)95-57-51-83(52-58-95)82-33-31-80(32-34-82)81-39-41-84(42-40-81)90-49-50-94-72-114(107-30-18-16-28-101(107)108(94)68-90)118(96-59-53-87(54-60-96)89-48-47-77-23-11-12-24-88(77)67-89)98-62-66-105-103-64-56-92(70-110(103)116(3,4)112(105)74-98)86-45-37-79(38-46-86)76-21-9-6-10-22-76/h5-74H,1-4H3. The molecule has 2 nitrogen and oxygen atoms in total. The first-order chi connectivity index (χ1) is 57.9. The summed E-state index contributed by atoms with van der Waals surface area (Å²) < 4.78 is 0. The molecule has 0 aliphatic heterocycles. The molecule has 0 amide bonds. The molecule has 556 valence electrons. The molecule has 2 heteroatoms. The Morgan fingerprint density at radius 2 is 0.407 bits per heavy atom. The third kappa shape index (κ3) is 12.0. The first-order valence-electron chi connectivity index (χ1n) is 41.2. The van der Waals surface area contributed by atoms with Crippen LogP contribution < -0.4 is 9.80 Å². The van der Waals surface area contributed by atoms with Gasteiger partial charge in [0.25, 0.3) is 0 Å². The molecular formula is C116H82N2. The van der Waals surface area contributed by atoms with Gasteiger partial charge >= 0.3 is 0 Å². The maximum Gasteiger partial charge on any atom is 0.0546 e. The van der Waals surface area contributed by atoms with Crippen LogP contribution in [0.3, 0.4) is 0 Å². The van der Waals surface area contributed by atoms with Crippen molar-refractivity contribution in [3.63, 3.8) is 0 Å². The van der Waals surface area contributed by atoms with Gasteiger partial charge in [-0.25, -0.2) is 0 Å². The molecule has 0 N–H and O–H groups in total. The van der Waals surface area contributed by atoms with E-state index in [9.17, 15) is 0 Å². The third-order valence-electron chi connectivity index (χ3n) is 25.7. The van der Waals surface area contributed by atoms with Crippen molar-refractivity contribution in [2.75, 3.05) is 9.80 Å². The summed E-state index contributed by atoms with van der Waals surface area (Å²) in [5, 5.41) is 12.2. The van der Waals surface area contributed by atoms with Crippen LogP contribution in [0.4, 0.5) is 34.1 Å². The summed E-state index contributed by atoms with van der Waals surface area (Å²) in [7, 11) is 0. The molecule has 2 aliphatic carbocycles. The first-order valence-corrected chi connectivity index (χ1v) is 41.2. The minimum absolute atomic E-state index is 0.249. The molecule has 0 spiro atoms. The Morgan fingerprint density at radius 3 is 0.822 bits per heavy atom. The number of rotatable bonds is 14. The maximum absolute atomic E-state index is 2.50. The van der Waals surface area contributed by atoms with E-state index in [1.54, 1.807) is 0 Å². The highest BCUT2D eigenvalue weighted by Crippen LogP contribution is 2.56. The fourth-order valence-electron chi connectivity index (χ4n) is 19.3. The van der Waals surface area contributed by atoms with Crippen LogP contribution in [-0.2, 0) is 10.8 Å². The molecule has 0 aromatic heterocycles. The SMILES string of the molecule is CC1(C)c2cc(-c3ccc(-c4ccccc4)cc3)ccc2-c2ccc(N(c3ccc(-c4ccc(-c5ccc(-c6ccc7cc(N(c8ccc(-c9ccc%10ccccc%10c9)cc8)c8ccc9c(c8)C(C)(C)c8cc(-c%10ccc(-c%11ccccc%11)cc%10)ccc8-9)c8ccccc8c7c6)cc5)cc4)cc3)c3cc4ccccc4c4ccccc34)cc21. The molecule has 20 aromatic carbocycles. The fraction of sp³-hybridized carbons (Fsp3) is 0.0517. The average Bonchev–Trinajstić information content (AvgIpc) is 1.53. The van der Waals surface area contributed by atoms with Gasteiger partial charge in [-0.1, -0.05) is 367 Å². The monoisotopic (exact) mass is 1500 g/mol. The van der Waals surface area contributed by atoms with Crippen LogP contribution in [0.25, 0.3) is 165 Å². The molecule has 118 heavy (non-hydrogen) atoms. The molecule has 2 aliphatic rings. The van der Waals surface area contributed by atoms with Gasteiger partial charge < -0.3 is 9.80 Å². The van der Waals surface area contributed by atoms with Gasteiger partial charge in [-0.3, -0.25) is 0 Å². The van der Waals surface area contributed by atoms with Crippen molar-refractivity contribution in [1.29, 1.82) is 0 Å². The lowest BCUT2D eigenvalue weighted by atomic mass is 9.81. The highest BCUT2D eigenvalue weighted by atomic mass is 15.2. The van der Waals surface area contributed by atoms with Crippen LogP contribution in [-0.4, -0.2) is 0 Å². The zero-order valence-corrected chi connectivity index (χ0v) is 66.3. The van der Waals surface area contributed by atoms with E-state index >= 15 is 0 Å². The Labute approximate surface area is 689 Å². The summed E-state index contributed by atoms with van der Waals surface area (Å²) >= 11 is 0. The molecule has 0 unspecified atom stereocenters. The number of fused-ring (bicyclic) bond motifs is 13. The minimum Gasteiger partial charge on any atom is -0.310 e. The smallest absolute Gasteiger partial charge is 0.0546 e. The van der Waals surface area contributed by atoms with E-state index in [2.05, 4.69) is 462 Å². The van der Waals surface area contributed by atoms with Gasteiger partial charge in [0, 0.05) is 44.4 Å². The van der Waals surface area contributed by atoms with Crippen LogP contribution in [0.5, 0.6) is 0 Å². The van der Waals surface area contributed by atoms with E-state index in [1.165, 1.54) is 182 Å². The molecule has 0 atom stereocenters. The zero-order chi connectivity index (χ0) is 78.7. The lowest BCUT2D eigenvalue weighted by molar-refractivity contribution is 0.660. The molecule has 0 bridgehead atoms. The summed E-state index contributed by atoms with van der Waals surface area (Å²) in [6.07, 6.45) is 0. The molecule has 0 fully saturated rings.